The van der Waals surface area contributed by atoms with Crippen LogP contribution in [0.5, 0.6) is 0 Å². The molecule has 3 nitrogen and oxygen atoms in total. The molecule has 3 atom stereocenters. The molecule has 1 aliphatic carbocycles. The molecule has 2 aliphatic rings. The van der Waals surface area contributed by atoms with Crippen molar-refractivity contribution < 1.29 is 5.11 Å². The summed E-state index contributed by atoms with van der Waals surface area (Å²) in [6, 6.07) is 0. The van der Waals surface area contributed by atoms with E-state index < -0.39 is 0 Å². The minimum atomic E-state index is -0.190. The molecule has 1 saturated heterocycles. The van der Waals surface area contributed by atoms with Gasteiger partial charge < -0.3 is 15.3 Å². The van der Waals surface area contributed by atoms with Gasteiger partial charge in [0.05, 0.1) is 6.10 Å². The first kappa shape index (κ1) is 13.3. The lowest BCUT2D eigenvalue weighted by atomic mass is 9.98. The van der Waals surface area contributed by atoms with E-state index in [9.17, 15) is 5.11 Å². The summed E-state index contributed by atoms with van der Waals surface area (Å²) >= 11 is 0. The van der Waals surface area contributed by atoms with Crippen LogP contribution in [0.2, 0.25) is 0 Å². The van der Waals surface area contributed by atoms with Gasteiger partial charge in [0.25, 0.3) is 0 Å². The second kappa shape index (κ2) is 6.72. The van der Waals surface area contributed by atoms with E-state index >= 15 is 0 Å². The van der Waals surface area contributed by atoms with Gasteiger partial charge in [0, 0.05) is 13.1 Å². The third kappa shape index (κ3) is 4.23. The zero-order valence-corrected chi connectivity index (χ0v) is 11.2. The molecule has 17 heavy (non-hydrogen) atoms. The first-order valence-electron chi connectivity index (χ1n) is 7.37. The summed E-state index contributed by atoms with van der Waals surface area (Å²) in [7, 11) is 0. The van der Waals surface area contributed by atoms with Crippen LogP contribution in [0.1, 0.15) is 39.0 Å². The number of rotatable bonds is 6. The first-order chi connectivity index (χ1) is 8.25. The Morgan fingerprint density at radius 2 is 2.00 bits per heavy atom. The zero-order chi connectivity index (χ0) is 12.1. The number of hydrogen-bond acceptors (Lipinski definition) is 3. The quantitative estimate of drug-likeness (QED) is 0.738. The average molecular weight is 240 g/mol. The summed E-state index contributed by atoms with van der Waals surface area (Å²) in [6.45, 7) is 7.43. The second-order valence-corrected chi connectivity index (χ2v) is 5.99. The molecule has 100 valence electrons. The summed E-state index contributed by atoms with van der Waals surface area (Å²) in [5, 5.41) is 13.4. The number of likely N-dealkylation sites (tertiary alicyclic amines) is 1. The smallest absolute Gasteiger partial charge is 0.0791 e. The number of hydrogen-bond donors (Lipinski definition) is 2. The fraction of sp³-hybridized carbons (Fsp3) is 1.00. The Kier molecular flexibility index (Phi) is 5.26. The third-order valence-electron chi connectivity index (χ3n) is 4.49. The second-order valence-electron chi connectivity index (χ2n) is 5.99. The van der Waals surface area contributed by atoms with Gasteiger partial charge in [-0.25, -0.2) is 0 Å². The molecule has 0 radical (unpaired) electrons. The van der Waals surface area contributed by atoms with E-state index in [2.05, 4.69) is 17.1 Å². The lowest BCUT2D eigenvalue weighted by Crippen LogP contribution is -2.38. The monoisotopic (exact) mass is 240 g/mol. The van der Waals surface area contributed by atoms with Crippen molar-refractivity contribution in [2.75, 3.05) is 32.7 Å². The molecule has 1 aliphatic heterocycles. The molecule has 1 heterocycles. The van der Waals surface area contributed by atoms with Gasteiger partial charge in [0.2, 0.25) is 0 Å². The highest BCUT2D eigenvalue weighted by Gasteiger charge is 2.23. The zero-order valence-electron chi connectivity index (χ0n) is 11.2. The SMILES string of the molecule is CC1CCCC1CNCC(O)CN1CCCC1. The summed E-state index contributed by atoms with van der Waals surface area (Å²) in [5.74, 6) is 1.72. The Hall–Kier alpha value is -0.120. The largest absolute Gasteiger partial charge is 0.390 e. The molecule has 0 bridgehead atoms. The standard InChI is InChI=1S/C14H28N2O/c1-12-5-4-6-13(12)9-15-10-14(17)11-16-7-2-3-8-16/h12-15,17H,2-11H2,1H3. The van der Waals surface area contributed by atoms with Crippen LogP contribution in [-0.4, -0.2) is 48.8 Å². The number of aliphatic hydroxyl groups excluding tert-OH is 1. The molecule has 0 spiro atoms. The van der Waals surface area contributed by atoms with Gasteiger partial charge in [-0.05, 0) is 50.7 Å². The molecule has 3 heteroatoms. The van der Waals surface area contributed by atoms with Gasteiger partial charge in [-0.1, -0.05) is 19.8 Å². The van der Waals surface area contributed by atoms with Crippen LogP contribution >= 0.6 is 0 Å². The normalized spacial score (nSPS) is 32.1. The summed E-state index contributed by atoms with van der Waals surface area (Å²) in [4.78, 5) is 2.38. The Labute approximate surface area is 106 Å². The Balaban J connectivity index is 1.54. The maximum absolute atomic E-state index is 9.95. The fourth-order valence-electron chi connectivity index (χ4n) is 3.29. The molecular weight excluding hydrogens is 212 g/mol. The van der Waals surface area contributed by atoms with Crippen LogP contribution in [0.25, 0.3) is 0 Å². The van der Waals surface area contributed by atoms with E-state index in [1.54, 1.807) is 0 Å². The third-order valence-corrected chi connectivity index (χ3v) is 4.49. The van der Waals surface area contributed by atoms with Crippen LogP contribution < -0.4 is 5.32 Å². The van der Waals surface area contributed by atoms with Gasteiger partial charge >= 0.3 is 0 Å². The molecule has 0 aromatic heterocycles. The highest BCUT2D eigenvalue weighted by molar-refractivity contribution is 4.77. The van der Waals surface area contributed by atoms with Crippen LogP contribution in [0.3, 0.4) is 0 Å². The van der Waals surface area contributed by atoms with Crippen molar-refractivity contribution >= 4 is 0 Å². The Morgan fingerprint density at radius 3 is 2.65 bits per heavy atom. The van der Waals surface area contributed by atoms with Crippen molar-refractivity contribution in [1.82, 2.24) is 10.2 Å². The Bertz CT molecular complexity index is 216. The fourth-order valence-corrected chi connectivity index (χ4v) is 3.29. The lowest BCUT2D eigenvalue weighted by molar-refractivity contribution is 0.122. The summed E-state index contributed by atoms with van der Waals surface area (Å²) < 4.78 is 0. The maximum Gasteiger partial charge on any atom is 0.0791 e. The van der Waals surface area contributed by atoms with Crippen molar-refractivity contribution in [3.05, 3.63) is 0 Å². The van der Waals surface area contributed by atoms with Crippen LogP contribution in [0, 0.1) is 11.8 Å². The van der Waals surface area contributed by atoms with Crippen LogP contribution in [-0.2, 0) is 0 Å². The molecule has 0 aromatic rings. The number of aliphatic hydroxyl groups is 1. The average Bonchev–Trinajstić information content (AvgIpc) is 2.91. The first-order valence-corrected chi connectivity index (χ1v) is 7.37. The summed E-state index contributed by atoms with van der Waals surface area (Å²) in [5.41, 5.74) is 0. The van der Waals surface area contributed by atoms with E-state index in [1.165, 1.54) is 45.2 Å². The van der Waals surface area contributed by atoms with Crippen molar-refractivity contribution in [2.45, 2.75) is 45.1 Å². The van der Waals surface area contributed by atoms with Crippen molar-refractivity contribution in [3.63, 3.8) is 0 Å². The number of β-amino-alcohol motifs (C(OH)–C–C–N with tert-alkyl or cyclic N) is 1. The number of nitrogens with zero attached hydrogens (tertiary/aromatic N) is 1. The van der Waals surface area contributed by atoms with E-state index in [1.807, 2.05) is 0 Å². The van der Waals surface area contributed by atoms with Crippen LogP contribution in [0.4, 0.5) is 0 Å². The predicted octanol–water partition coefficient (Wildman–Crippen LogP) is 1.47. The molecule has 0 amide bonds. The minimum absolute atomic E-state index is 0.190. The van der Waals surface area contributed by atoms with E-state index in [0.29, 0.717) is 0 Å². The molecule has 1 saturated carbocycles. The molecular formula is C14H28N2O. The van der Waals surface area contributed by atoms with Gasteiger partial charge in [-0.15, -0.1) is 0 Å². The van der Waals surface area contributed by atoms with E-state index in [4.69, 9.17) is 0 Å². The van der Waals surface area contributed by atoms with Gasteiger partial charge in [0.15, 0.2) is 0 Å². The lowest BCUT2D eigenvalue weighted by Gasteiger charge is -2.21. The Morgan fingerprint density at radius 1 is 1.24 bits per heavy atom. The number of nitrogens with one attached hydrogen (secondary N) is 1. The predicted molar refractivity (Wildman–Crippen MR) is 71.1 cm³/mol. The molecule has 3 unspecified atom stereocenters. The van der Waals surface area contributed by atoms with Gasteiger partial charge in [-0.3, -0.25) is 0 Å². The highest BCUT2D eigenvalue weighted by atomic mass is 16.3. The molecule has 2 fully saturated rings. The maximum atomic E-state index is 9.95. The minimum Gasteiger partial charge on any atom is -0.390 e. The van der Waals surface area contributed by atoms with Crippen molar-refractivity contribution in [2.24, 2.45) is 11.8 Å². The van der Waals surface area contributed by atoms with Crippen molar-refractivity contribution in [3.8, 4) is 0 Å². The highest BCUT2D eigenvalue weighted by Crippen LogP contribution is 2.30. The summed E-state index contributed by atoms with van der Waals surface area (Å²) in [6.07, 6.45) is 6.58. The topological polar surface area (TPSA) is 35.5 Å². The molecule has 0 aromatic carbocycles. The van der Waals surface area contributed by atoms with E-state index in [-0.39, 0.29) is 6.10 Å². The molecule has 2 rings (SSSR count). The molecule has 2 N–H and O–H groups in total. The van der Waals surface area contributed by atoms with Crippen molar-refractivity contribution in [1.29, 1.82) is 0 Å². The van der Waals surface area contributed by atoms with E-state index in [0.717, 1.165) is 31.5 Å². The van der Waals surface area contributed by atoms with Gasteiger partial charge in [0.1, 0.15) is 0 Å². The van der Waals surface area contributed by atoms with Gasteiger partial charge in [-0.2, -0.15) is 0 Å². The van der Waals surface area contributed by atoms with Crippen LogP contribution in [0.15, 0.2) is 0 Å².